The first-order valence-electron chi connectivity index (χ1n) is 9.11. The molecule has 7 heteroatoms. The molecule has 6 nitrogen and oxygen atoms in total. The van der Waals surface area contributed by atoms with Gasteiger partial charge in [0.25, 0.3) is 0 Å². The fourth-order valence-corrected chi connectivity index (χ4v) is 4.65. The lowest BCUT2D eigenvalue weighted by Gasteiger charge is -2.31. The molecule has 1 saturated carbocycles. The third kappa shape index (κ3) is 4.44. The van der Waals surface area contributed by atoms with E-state index in [1.54, 1.807) is 13.8 Å². The lowest BCUT2D eigenvalue weighted by molar-refractivity contribution is -0.313. The van der Waals surface area contributed by atoms with Crippen LogP contribution in [0, 0.1) is 18.8 Å². The van der Waals surface area contributed by atoms with Crippen LogP contribution < -0.4 is 10.4 Å². The van der Waals surface area contributed by atoms with Crippen molar-refractivity contribution in [2.75, 3.05) is 5.32 Å². The monoisotopic (exact) mass is 380 g/mol. The van der Waals surface area contributed by atoms with Crippen LogP contribution in [0.5, 0.6) is 0 Å². The Hall–Kier alpha value is -1.89. The fourth-order valence-electron chi connectivity index (χ4n) is 3.51. The third-order valence-corrected chi connectivity index (χ3v) is 5.81. The number of carboxylic acids is 1. The van der Waals surface area contributed by atoms with Gasteiger partial charge in [0, 0.05) is 22.7 Å². The van der Waals surface area contributed by atoms with Gasteiger partial charge in [0.2, 0.25) is 5.91 Å². The highest BCUT2D eigenvalue weighted by atomic mass is 32.1. The highest BCUT2D eigenvalue weighted by Crippen LogP contribution is 2.36. The number of anilines is 1. The number of hydrogen-bond acceptors (Lipinski definition) is 6. The zero-order chi connectivity index (χ0) is 19.4. The molecule has 2 atom stereocenters. The molecule has 1 heterocycles. The van der Waals surface area contributed by atoms with Gasteiger partial charge in [-0.25, -0.2) is 4.79 Å². The second-order valence-electron chi connectivity index (χ2n) is 6.95. The summed E-state index contributed by atoms with van der Waals surface area (Å²) in [7, 11) is 0. The molecule has 0 spiro atoms. The van der Waals surface area contributed by atoms with E-state index in [2.05, 4.69) is 5.32 Å². The summed E-state index contributed by atoms with van der Waals surface area (Å²) in [5, 5.41) is 14.6. The van der Waals surface area contributed by atoms with Crippen LogP contribution in [0.15, 0.2) is 0 Å². The van der Waals surface area contributed by atoms with Crippen molar-refractivity contribution in [3.05, 3.63) is 16.0 Å². The Labute approximate surface area is 157 Å². The molecule has 0 aliphatic heterocycles. The largest absolute Gasteiger partial charge is 0.550 e. The Bertz CT molecular complexity index is 694. The predicted octanol–water partition coefficient (Wildman–Crippen LogP) is 2.68. The number of esters is 1. The number of hydrogen-bond donors (Lipinski definition) is 1. The van der Waals surface area contributed by atoms with Crippen LogP contribution in [0.25, 0.3) is 0 Å². The predicted molar refractivity (Wildman–Crippen MR) is 98.1 cm³/mol. The molecule has 0 saturated heterocycles. The van der Waals surface area contributed by atoms with Crippen molar-refractivity contribution in [3.8, 4) is 0 Å². The summed E-state index contributed by atoms with van der Waals surface area (Å²) in [6.45, 7) is 7.39. The van der Waals surface area contributed by atoms with Gasteiger partial charge in [0.05, 0.1) is 11.7 Å². The minimum atomic E-state index is -1.18. The minimum absolute atomic E-state index is 0.267. The Kier molecular flexibility index (Phi) is 6.81. The maximum atomic E-state index is 12.7. The first-order chi connectivity index (χ1) is 12.3. The molecule has 26 heavy (non-hydrogen) atoms. The summed E-state index contributed by atoms with van der Waals surface area (Å²) in [6.07, 6.45) is 2.94. The van der Waals surface area contributed by atoms with Crippen LogP contribution >= 0.6 is 11.3 Å². The molecule has 2 rings (SSSR count). The number of thiophene rings is 1. The first-order valence-corrected chi connectivity index (χ1v) is 9.92. The first kappa shape index (κ1) is 20.4. The van der Waals surface area contributed by atoms with Crippen molar-refractivity contribution < 1.29 is 24.2 Å². The van der Waals surface area contributed by atoms with Gasteiger partial charge in [0.15, 0.2) is 0 Å². The molecule has 1 aromatic rings. The van der Waals surface area contributed by atoms with Crippen LogP contribution in [-0.4, -0.2) is 23.9 Å². The van der Waals surface area contributed by atoms with Crippen LogP contribution in [0.4, 0.5) is 5.00 Å². The highest BCUT2D eigenvalue weighted by Gasteiger charge is 2.33. The maximum Gasteiger partial charge on any atom is 0.341 e. The number of rotatable bonds is 6. The molecular weight excluding hydrogens is 354 g/mol. The Balaban J connectivity index is 2.29. The van der Waals surface area contributed by atoms with E-state index in [0.717, 1.165) is 23.3 Å². The van der Waals surface area contributed by atoms with Gasteiger partial charge >= 0.3 is 5.97 Å². The topological polar surface area (TPSA) is 95.5 Å². The number of carbonyl (C=O) groups excluding carboxylic acids is 3. The number of aryl methyl sites for hydroxylation is 1. The molecule has 1 fully saturated rings. The second-order valence-corrected chi connectivity index (χ2v) is 8.18. The van der Waals surface area contributed by atoms with Gasteiger partial charge in [0.1, 0.15) is 5.00 Å². The Morgan fingerprint density at radius 2 is 1.85 bits per heavy atom. The molecule has 1 aliphatic rings. The fraction of sp³-hybridized carbons (Fsp3) is 0.632. The average Bonchev–Trinajstić information content (AvgIpc) is 2.89. The summed E-state index contributed by atoms with van der Waals surface area (Å²) < 4.78 is 5.33. The summed E-state index contributed by atoms with van der Waals surface area (Å²) in [5.74, 6) is -3.41. The average molecular weight is 380 g/mol. The summed E-state index contributed by atoms with van der Waals surface area (Å²) >= 11 is 1.33. The normalized spacial score (nSPS) is 20.0. The van der Waals surface area contributed by atoms with Gasteiger partial charge < -0.3 is 20.0 Å². The zero-order valence-corrected chi connectivity index (χ0v) is 16.5. The van der Waals surface area contributed by atoms with Gasteiger partial charge in [-0.3, -0.25) is 4.79 Å². The zero-order valence-electron chi connectivity index (χ0n) is 15.7. The molecule has 0 bridgehead atoms. The van der Waals surface area contributed by atoms with Gasteiger partial charge in [-0.1, -0.05) is 19.8 Å². The van der Waals surface area contributed by atoms with E-state index in [4.69, 9.17) is 4.74 Å². The SMILES string of the molecule is CCc1c(C)sc(NC(=O)[C@@H]2CCCC[C@@H]2C(=O)[O-])c1C(=O)OC(C)C. The van der Waals surface area contributed by atoms with Crippen LogP contribution in [0.2, 0.25) is 0 Å². The Morgan fingerprint density at radius 3 is 2.38 bits per heavy atom. The standard InChI is InChI=1S/C19H27NO5S/c1-5-12-11(4)26-17(15(12)19(24)25-10(2)3)20-16(21)13-8-6-7-9-14(13)18(22)23/h10,13-14H,5-9H2,1-4H3,(H,20,21)(H,22,23)/p-1/t13-,14+/m1/s1. The summed E-state index contributed by atoms with van der Waals surface area (Å²) in [4.78, 5) is 37.6. The maximum absolute atomic E-state index is 12.7. The van der Waals surface area contributed by atoms with E-state index in [-0.39, 0.29) is 12.0 Å². The molecule has 0 aromatic carbocycles. The van der Waals surface area contributed by atoms with Gasteiger partial charge in [-0.15, -0.1) is 11.3 Å². The van der Waals surface area contributed by atoms with Crippen molar-refractivity contribution in [2.45, 2.75) is 65.9 Å². The molecule has 0 radical (unpaired) electrons. The molecular formula is C19H26NO5S-. The van der Waals surface area contributed by atoms with Gasteiger partial charge in [-0.05, 0) is 45.6 Å². The Morgan fingerprint density at radius 1 is 1.23 bits per heavy atom. The van der Waals surface area contributed by atoms with E-state index in [1.807, 2.05) is 13.8 Å². The molecule has 1 aliphatic carbocycles. The van der Waals surface area contributed by atoms with E-state index in [1.165, 1.54) is 11.3 Å². The van der Waals surface area contributed by atoms with E-state index in [9.17, 15) is 19.5 Å². The van der Waals surface area contributed by atoms with Crippen LogP contribution in [0.1, 0.15) is 67.3 Å². The third-order valence-electron chi connectivity index (χ3n) is 4.75. The summed E-state index contributed by atoms with van der Waals surface area (Å²) in [5.41, 5.74) is 1.24. The molecule has 1 N–H and O–H groups in total. The molecule has 1 amide bonds. The minimum Gasteiger partial charge on any atom is -0.550 e. The number of amides is 1. The lowest BCUT2D eigenvalue weighted by atomic mass is 9.79. The molecule has 144 valence electrons. The quantitative estimate of drug-likeness (QED) is 0.766. The number of ether oxygens (including phenoxy) is 1. The lowest BCUT2D eigenvalue weighted by Crippen LogP contribution is -2.42. The number of carboxylic acid groups (broad SMARTS) is 1. The highest BCUT2D eigenvalue weighted by molar-refractivity contribution is 7.16. The number of aliphatic carboxylic acids is 1. The van der Waals surface area contributed by atoms with E-state index in [0.29, 0.717) is 29.8 Å². The van der Waals surface area contributed by atoms with Crippen molar-refractivity contribution >= 4 is 34.2 Å². The van der Waals surface area contributed by atoms with Crippen molar-refractivity contribution in [3.63, 3.8) is 0 Å². The molecule has 0 unspecified atom stereocenters. The van der Waals surface area contributed by atoms with Gasteiger partial charge in [-0.2, -0.15) is 0 Å². The summed E-state index contributed by atoms with van der Waals surface area (Å²) in [6, 6.07) is 0. The van der Waals surface area contributed by atoms with Crippen LogP contribution in [-0.2, 0) is 20.7 Å². The number of nitrogens with one attached hydrogen (secondary N) is 1. The number of carbonyl (C=O) groups is 3. The van der Waals surface area contributed by atoms with Crippen LogP contribution in [0.3, 0.4) is 0 Å². The molecule has 1 aromatic heterocycles. The van der Waals surface area contributed by atoms with Crippen molar-refractivity contribution in [2.24, 2.45) is 11.8 Å². The van der Waals surface area contributed by atoms with E-state index < -0.39 is 23.8 Å². The second kappa shape index (κ2) is 8.66. The van der Waals surface area contributed by atoms with Crippen molar-refractivity contribution in [1.82, 2.24) is 0 Å². The van der Waals surface area contributed by atoms with Crippen molar-refractivity contribution in [1.29, 1.82) is 0 Å². The smallest absolute Gasteiger partial charge is 0.341 e. The van der Waals surface area contributed by atoms with E-state index >= 15 is 0 Å².